The highest BCUT2D eigenvalue weighted by Crippen LogP contribution is 2.34. The summed E-state index contributed by atoms with van der Waals surface area (Å²) in [4.78, 5) is 12.3. The Morgan fingerprint density at radius 2 is 1.90 bits per heavy atom. The van der Waals surface area contributed by atoms with Crippen molar-refractivity contribution >= 4 is 5.97 Å². The first-order valence-electron chi connectivity index (χ1n) is 6.58. The second kappa shape index (κ2) is 7.85. The summed E-state index contributed by atoms with van der Waals surface area (Å²) in [7, 11) is 6.08. The van der Waals surface area contributed by atoms with Crippen molar-refractivity contribution in [3.8, 4) is 11.5 Å². The molecule has 0 aliphatic rings. The van der Waals surface area contributed by atoms with Gasteiger partial charge in [-0.1, -0.05) is 0 Å². The molecule has 6 heteroatoms. The number of methoxy groups -OCH3 is 4. The molecule has 0 aliphatic carbocycles. The van der Waals surface area contributed by atoms with Gasteiger partial charge in [0.25, 0.3) is 0 Å². The van der Waals surface area contributed by atoms with Gasteiger partial charge in [0.15, 0.2) is 0 Å². The van der Waals surface area contributed by atoms with Gasteiger partial charge in [0.1, 0.15) is 17.0 Å². The van der Waals surface area contributed by atoms with Gasteiger partial charge in [-0.05, 0) is 25.1 Å². The Labute approximate surface area is 125 Å². The molecule has 1 atom stereocenters. The molecule has 0 heterocycles. The molecule has 1 N–H and O–H groups in total. The second-order valence-electron chi connectivity index (χ2n) is 4.60. The molecule has 118 valence electrons. The van der Waals surface area contributed by atoms with E-state index in [9.17, 15) is 4.79 Å². The zero-order valence-electron chi connectivity index (χ0n) is 13.2. The highest BCUT2D eigenvalue weighted by molar-refractivity contribution is 5.83. The highest BCUT2D eigenvalue weighted by Gasteiger charge is 2.38. The Hall–Kier alpha value is -1.79. The number of nitrogens with one attached hydrogen (secondary N) is 1. The standard InChI is InChI=1S/C15H23NO5/c1-15(14(17)21-5,16-8-9-18-2)12-10-11(19-3)6-7-13(12)20-4/h6-7,10,16H,8-9H2,1-5H3. The molecule has 0 spiro atoms. The van der Waals surface area contributed by atoms with Crippen LogP contribution in [0.1, 0.15) is 12.5 Å². The molecule has 1 aromatic carbocycles. The molecule has 0 saturated carbocycles. The van der Waals surface area contributed by atoms with Crippen LogP contribution in [0.25, 0.3) is 0 Å². The summed E-state index contributed by atoms with van der Waals surface area (Å²) in [6.07, 6.45) is 0. The molecule has 1 unspecified atom stereocenters. The SMILES string of the molecule is COCCNC(C)(C(=O)OC)c1cc(OC)ccc1OC. The number of carbonyl (C=O) groups is 1. The molecule has 0 amide bonds. The van der Waals surface area contributed by atoms with E-state index in [1.54, 1.807) is 46.5 Å². The van der Waals surface area contributed by atoms with Crippen molar-refractivity contribution in [1.29, 1.82) is 0 Å². The lowest BCUT2D eigenvalue weighted by atomic mass is 9.90. The Balaban J connectivity index is 3.26. The predicted octanol–water partition coefficient (Wildman–Crippen LogP) is 1.33. The van der Waals surface area contributed by atoms with Crippen LogP contribution >= 0.6 is 0 Å². The highest BCUT2D eigenvalue weighted by atomic mass is 16.5. The van der Waals surface area contributed by atoms with Gasteiger partial charge in [0, 0.05) is 19.2 Å². The van der Waals surface area contributed by atoms with Crippen LogP contribution in [0.2, 0.25) is 0 Å². The topological polar surface area (TPSA) is 66.0 Å². The summed E-state index contributed by atoms with van der Waals surface area (Å²) in [5.74, 6) is 0.799. The van der Waals surface area contributed by atoms with Gasteiger partial charge in [-0.2, -0.15) is 0 Å². The molecule has 0 fully saturated rings. The fourth-order valence-electron chi connectivity index (χ4n) is 2.09. The number of rotatable bonds is 8. The van der Waals surface area contributed by atoms with Crippen molar-refractivity contribution in [3.63, 3.8) is 0 Å². The number of esters is 1. The number of benzene rings is 1. The molecule has 6 nitrogen and oxygen atoms in total. The first-order valence-corrected chi connectivity index (χ1v) is 6.58. The molecule has 1 aromatic rings. The monoisotopic (exact) mass is 297 g/mol. The minimum absolute atomic E-state index is 0.412. The summed E-state index contributed by atoms with van der Waals surface area (Å²) in [6, 6.07) is 5.29. The van der Waals surface area contributed by atoms with Crippen molar-refractivity contribution in [2.24, 2.45) is 0 Å². The minimum Gasteiger partial charge on any atom is -0.497 e. The van der Waals surface area contributed by atoms with Crippen LogP contribution in [0.5, 0.6) is 11.5 Å². The summed E-state index contributed by atoms with van der Waals surface area (Å²) in [5, 5.41) is 3.15. The minimum atomic E-state index is -1.06. The Morgan fingerprint density at radius 3 is 2.43 bits per heavy atom. The van der Waals surface area contributed by atoms with Crippen molar-refractivity contribution in [2.75, 3.05) is 41.6 Å². The normalized spacial score (nSPS) is 13.4. The first kappa shape index (κ1) is 17.3. The van der Waals surface area contributed by atoms with E-state index >= 15 is 0 Å². The van der Waals surface area contributed by atoms with Gasteiger partial charge in [-0.25, -0.2) is 4.79 Å². The summed E-state index contributed by atoms with van der Waals surface area (Å²) in [5.41, 5.74) is -0.417. The fraction of sp³-hybridized carbons (Fsp3) is 0.533. The zero-order valence-corrected chi connectivity index (χ0v) is 13.2. The number of hydrogen-bond acceptors (Lipinski definition) is 6. The Morgan fingerprint density at radius 1 is 1.19 bits per heavy atom. The average molecular weight is 297 g/mol. The smallest absolute Gasteiger partial charge is 0.330 e. The molecule has 21 heavy (non-hydrogen) atoms. The third-order valence-corrected chi connectivity index (χ3v) is 3.32. The van der Waals surface area contributed by atoms with Crippen molar-refractivity contribution < 1.29 is 23.7 Å². The van der Waals surface area contributed by atoms with Gasteiger partial charge in [0.2, 0.25) is 0 Å². The average Bonchev–Trinajstić information content (AvgIpc) is 2.53. The maximum atomic E-state index is 12.3. The van der Waals surface area contributed by atoms with Crippen LogP contribution in [0, 0.1) is 0 Å². The second-order valence-corrected chi connectivity index (χ2v) is 4.60. The third kappa shape index (κ3) is 3.86. The maximum Gasteiger partial charge on any atom is 0.330 e. The Bertz CT molecular complexity index is 477. The van der Waals surface area contributed by atoms with Crippen LogP contribution in [0.15, 0.2) is 18.2 Å². The van der Waals surface area contributed by atoms with Crippen LogP contribution in [0.4, 0.5) is 0 Å². The number of ether oxygens (including phenoxy) is 4. The van der Waals surface area contributed by atoms with Gasteiger partial charge < -0.3 is 18.9 Å². The molecule has 0 aromatic heterocycles. The van der Waals surface area contributed by atoms with Crippen molar-refractivity contribution in [2.45, 2.75) is 12.5 Å². The fourth-order valence-corrected chi connectivity index (χ4v) is 2.09. The zero-order chi connectivity index (χ0) is 15.9. The molecular formula is C15H23NO5. The quantitative estimate of drug-likeness (QED) is 0.577. The Kier molecular flexibility index (Phi) is 6.45. The largest absolute Gasteiger partial charge is 0.497 e. The van der Waals surface area contributed by atoms with Crippen LogP contribution in [-0.2, 0) is 19.8 Å². The van der Waals surface area contributed by atoms with E-state index < -0.39 is 11.5 Å². The summed E-state index contributed by atoms with van der Waals surface area (Å²) >= 11 is 0. The predicted molar refractivity (Wildman–Crippen MR) is 78.8 cm³/mol. The van der Waals surface area contributed by atoms with E-state index in [0.717, 1.165) is 0 Å². The van der Waals surface area contributed by atoms with E-state index in [2.05, 4.69) is 5.32 Å². The lowest BCUT2D eigenvalue weighted by Crippen LogP contribution is -2.48. The van der Waals surface area contributed by atoms with Gasteiger partial charge in [-0.3, -0.25) is 5.32 Å². The lowest BCUT2D eigenvalue weighted by molar-refractivity contribution is -0.148. The third-order valence-electron chi connectivity index (χ3n) is 3.32. The van der Waals surface area contributed by atoms with Gasteiger partial charge in [-0.15, -0.1) is 0 Å². The van der Waals surface area contributed by atoms with Gasteiger partial charge in [0.05, 0.1) is 27.9 Å². The molecular weight excluding hydrogens is 274 g/mol. The van der Waals surface area contributed by atoms with Crippen molar-refractivity contribution in [3.05, 3.63) is 23.8 Å². The molecule has 0 radical (unpaired) electrons. The first-order chi connectivity index (χ1) is 10.0. The van der Waals surface area contributed by atoms with E-state index in [0.29, 0.717) is 30.2 Å². The van der Waals surface area contributed by atoms with Gasteiger partial charge >= 0.3 is 5.97 Å². The van der Waals surface area contributed by atoms with E-state index in [4.69, 9.17) is 18.9 Å². The van der Waals surface area contributed by atoms with Crippen LogP contribution in [0.3, 0.4) is 0 Å². The van der Waals surface area contributed by atoms with Crippen LogP contribution < -0.4 is 14.8 Å². The molecule has 0 aliphatic heterocycles. The summed E-state index contributed by atoms with van der Waals surface area (Å²) < 4.78 is 20.5. The number of hydrogen-bond donors (Lipinski definition) is 1. The molecule has 1 rings (SSSR count). The number of carbonyl (C=O) groups excluding carboxylic acids is 1. The summed E-state index contributed by atoms with van der Waals surface area (Å²) in [6.45, 7) is 2.70. The van der Waals surface area contributed by atoms with E-state index in [-0.39, 0.29) is 0 Å². The van der Waals surface area contributed by atoms with E-state index in [1.165, 1.54) is 7.11 Å². The van der Waals surface area contributed by atoms with Crippen molar-refractivity contribution in [1.82, 2.24) is 5.32 Å². The lowest BCUT2D eigenvalue weighted by Gasteiger charge is -2.30. The van der Waals surface area contributed by atoms with E-state index in [1.807, 2.05) is 0 Å². The maximum absolute atomic E-state index is 12.3. The molecule has 0 saturated heterocycles. The van der Waals surface area contributed by atoms with Crippen LogP contribution in [-0.4, -0.2) is 47.6 Å². The molecule has 0 bridgehead atoms.